The molecule has 0 radical (unpaired) electrons. The topological polar surface area (TPSA) is 107 Å². The van der Waals surface area contributed by atoms with Crippen LogP contribution in [0.5, 0.6) is 5.88 Å². The fourth-order valence-electron chi connectivity index (χ4n) is 2.26. The molecule has 0 saturated heterocycles. The minimum Gasteiger partial charge on any atom is -0.493 e. The van der Waals surface area contributed by atoms with Crippen molar-refractivity contribution in [1.82, 2.24) is 4.98 Å². The predicted octanol–water partition coefficient (Wildman–Crippen LogP) is 3.43. The molecule has 3 aromatic rings. The van der Waals surface area contributed by atoms with Crippen LogP contribution in [-0.4, -0.2) is 21.9 Å². The van der Waals surface area contributed by atoms with Crippen molar-refractivity contribution in [2.45, 2.75) is 6.92 Å². The first-order valence-electron chi connectivity index (χ1n) is 7.18. The number of aromatic amines is 1. The van der Waals surface area contributed by atoms with Crippen LogP contribution in [0.25, 0.3) is 10.9 Å². The van der Waals surface area contributed by atoms with E-state index in [1.807, 2.05) is 13.0 Å². The molecule has 1 aromatic heterocycles. The molecule has 1 heterocycles. The van der Waals surface area contributed by atoms with Gasteiger partial charge in [-0.2, -0.15) is 0 Å². The summed E-state index contributed by atoms with van der Waals surface area (Å²) in [6.45, 7) is 1.87. The summed E-state index contributed by atoms with van der Waals surface area (Å²) in [7, 11) is 0. The molecule has 0 unspecified atom stereocenters. The molecule has 24 heavy (non-hydrogen) atoms. The Kier molecular flexibility index (Phi) is 4.07. The molecule has 0 saturated carbocycles. The number of para-hydroxylation sites is 1. The highest BCUT2D eigenvalue weighted by Gasteiger charge is 2.15. The van der Waals surface area contributed by atoms with Crippen LogP contribution in [0.2, 0.25) is 0 Å². The normalized spacial score (nSPS) is 11.0. The zero-order valence-corrected chi connectivity index (χ0v) is 12.8. The van der Waals surface area contributed by atoms with E-state index in [0.29, 0.717) is 16.6 Å². The van der Waals surface area contributed by atoms with Crippen LogP contribution in [0.4, 0.5) is 11.4 Å². The van der Waals surface area contributed by atoms with E-state index in [9.17, 15) is 14.7 Å². The van der Waals surface area contributed by atoms with Gasteiger partial charge in [-0.3, -0.25) is 9.59 Å². The summed E-state index contributed by atoms with van der Waals surface area (Å²) in [4.78, 5) is 26.4. The summed E-state index contributed by atoms with van der Waals surface area (Å²) in [6, 6.07) is 14.1. The van der Waals surface area contributed by atoms with Crippen LogP contribution in [0, 0.1) is 6.92 Å². The summed E-state index contributed by atoms with van der Waals surface area (Å²) in [5.41, 5.74) is 2.21. The summed E-state index contributed by atoms with van der Waals surface area (Å²) >= 11 is 0. The number of benzene rings is 2. The third kappa shape index (κ3) is 3.14. The second-order valence-electron chi connectivity index (χ2n) is 5.20. The van der Waals surface area contributed by atoms with Gasteiger partial charge >= 0.3 is 11.8 Å². The van der Waals surface area contributed by atoms with E-state index in [4.69, 9.17) is 0 Å². The smallest absolute Gasteiger partial charge is 0.353 e. The summed E-state index contributed by atoms with van der Waals surface area (Å²) in [5.74, 6) is -2.17. The number of azo groups is 1. The molecule has 2 aromatic carbocycles. The van der Waals surface area contributed by atoms with Gasteiger partial charge in [-0.1, -0.05) is 30.3 Å². The highest BCUT2D eigenvalue weighted by atomic mass is 16.3. The van der Waals surface area contributed by atoms with Crippen LogP contribution in [0.15, 0.2) is 58.8 Å². The van der Waals surface area contributed by atoms with Crippen molar-refractivity contribution in [2.24, 2.45) is 10.2 Å². The molecule has 3 N–H and O–H groups in total. The van der Waals surface area contributed by atoms with Gasteiger partial charge in [-0.25, -0.2) is 0 Å². The highest BCUT2D eigenvalue weighted by Crippen LogP contribution is 2.35. The Bertz CT molecular complexity index is 959. The first-order chi connectivity index (χ1) is 11.5. The number of H-pyrrole nitrogens is 1. The number of aromatic hydroxyl groups is 1. The Morgan fingerprint density at radius 2 is 1.92 bits per heavy atom. The quantitative estimate of drug-likeness (QED) is 0.497. The molecule has 7 nitrogen and oxygen atoms in total. The Balaban J connectivity index is 1.77. The van der Waals surface area contributed by atoms with E-state index in [1.165, 1.54) is 0 Å². The Labute approximate surface area is 137 Å². The fraction of sp³-hybridized carbons (Fsp3) is 0.0588. The molecule has 7 heteroatoms. The van der Waals surface area contributed by atoms with Gasteiger partial charge < -0.3 is 15.4 Å². The van der Waals surface area contributed by atoms with E-state index >= 15 is 0 Å². The number of rotatable bonds is 2. The monoisotopic (exact) mass is 322 g/mol. The van der Waals surface area contributed by atoms with Crippen LogP contribution >= 0.6 is 0 Å². The largest absolute Gasteiger partial charge is 0.493 e. The Morgan fingerprint density at radius 3 is 2.71 bits per heavy atom. The van der Waals surface area contributed by atoms with Crippen molar-refractivity contribution in [2.75, 3.05) is 5.32 Å². The zero-order chi connectivity index (χ0) is 17.1. The second kappa shape index (κ2) is 6.33. The van der Waals surface area contributed by atoms with Gasteiger partial charge in [0.15, 0.2) is 5.69 Å². The van der Waals surface area contributed by atoms with Crippen molar-refractivity contribution in [3.63, 3.8) is 0 Å². The number of hydrogen-bond donors (Lipinski definition) is 3. The number of carbonyl (C=O) groups is 2. The maximum atomic E-state index is 11.8. The molecule has 0 aliphatic rings. The molecule has 0 fully saturated rings. The fourth-order valence-corrected chi connectivity index (χ4v) is 2.26. The molecule has 3 rings (SSSR count). The summed E-state index contributed by atoms with van der Waals surface area (Å²) in [5, 5.41) is 20.0. The Morgan fingerprint density at radius 1 is 1.12 bits per heavy atom. The molecule has 120 valence electrons. The first-order valence-corrected chi connectivity index (χ1v) is 7.18. The number of anilines is 1. The maximum Gasteiger partial charge on any atom is 0.353 e. The number of carbonyl (C=O) groups excluding carboxylic acids is 2. The van der Waals surface area contributed by atoms with Gasteiger partial charge in [0, 0.05) is 11.1 Å². The number of amides is 2. The van der Waals surface area contributed by atoms with E-state index in [-0.39, 0.29) is 11.6 Å². The van der Waals surface area contributed by atoms with Crippen LogP contribution in [0.3, 0.4) is 0 Å². The average Bonchev–Trinajstić information content (AvgIpc) is 2.88. The minimum absolute atomic E-state index is 0.113. The van der Waals surface area contributed by atoms with E-state index in [0.717, 1.165) is 5.56 Å². The standard InChI is InChI=1S/C17H14N4O3/c1-10-5-4-6-11(9-10)18-16(23)17(24)21-20-14-12-7-2-3-8-13(12)19-15(14)22/h2-9,19,22H,1H3,(H,18,23). The van der Waals surface area contributed by atoms with Gasteiger partial charge in [0.05, 0.1) is 5.52 Å². The van der Waals surface area contributed by atoms with Crippen LogP contribution < -0.4 is 5.32 Å². The zero-order valence-electron chi connectivity index (χ0n) is 12.8. The number of aromatic nitrogens is 1. The molecular weight excluding hydrogens is 308 g/mol. The average molecular weight is 322 g/mol. The third-order valence-corrected chi connectivity index (χ3v) is 3.37. The summed E-state index contributed by atoms with van der Waals surface area (Å²) < 4.78 is 0. The lowest BCUT2D eigenvalue weighted by molar-refractivity contribution is -0.134. The summed E-state index contributed by atoms with van der Waals surface area (Å²) in [6.07, 6.45) is 0. The first kappa shape index (κ1) is 15.4. The number of hydrogen-bond acceptors (Lipinski definition) is 4. The van der Waals surface area contributed by atoms with Crippen molar-refractivity contribution in [1.29, 1.82) is 0 Å². The number of nitrogens with one attached hydrogen (secondary N) is 2. The lowest BCUT2D eigenvalue weighted by Gasteiger charge is -2.02. The van der Waals surface area contributed by atoms with Gasteiger partial charge in [0.2, 0.25) is 5.88 Å². The van der Waals surface area contributed by atoms with Gasteiger partial charge in [0.1, 0.15) is 0 Å². The molecule has 0 aliphatic heterocycles. The van der Waals surface area contributed by atoms with E-state index < -0.39 is 11.8 Å². The molecule has 0 bridgehead atoms. The molecule has 2 amide bonds. The molecular formula is C17H14N4O3. The minimum atomic E-state index is -1.05. The van der Waals surface area contributed by atoms with Gasteiger partial charge in [-0.05, 0) is 30.7 Å². The van der Waals surface area contributed by atoms with Gasteiger partial charge in [0.25, 0.3) is 0 Å². The van der Waals surface area contributed by atoms with Crippen molar-refractivity contribution in [3.8, 4) is 5.88 Å². The molecule has 0 atom stereocenters. The number of aryl methyl sites for hydroxylation is 1. The highest BCUT2D eigenvalue weighted by molar-refractivity contribution is 6.40. The van der Waals surface area contributed by atoms with Crippen molar-refractivity contribution in [3.05, 3.63) is 54.1 Å². The van der Waals surface area contributed by atoms with Crippen molar-refractivity contribution >= 4 is 34.1 Å². The number of nitrogens with zero attached hydrogens (tertiary/aromatic N) is 2. The second-order valence-corrected chi connectivity index (χ2v) is 5.20. The number of fused-ring (bicyclic) bond motifs is 1. The van der Waals surface area contributed by atoms with Crippen molar-refractivity contribution < 1.29 is 14.7 Å². The lowest BCUT2D eigenvalue weighted by Crippen LogP contribution is -2.20. The maximum absolute atomic E-state index is 11.8. The molecule has 0 aliphatic carbocycles. The van der Waals surface area contributed by atoms with Gasteiger partial charge in [-0.15, -0.1) is 10.2 Å². The van der Waals surface area contributed by atoms with Crippen LogP contribution in [0.1, 0.15) is 5.56 Å². The van der Waals surface area contributed by atoms with E-state index in [1.54, 1.807) is 42.5 Å². The third-order valence-electron chi connectivity index (χ3n) is 3.37. The predicted molar refractivity (Wildman–Crippen MR) is 89.3 cm³/mol. The lowest BCUT2D eigenvalue weighted by atomic mass is 10.2. The van der Waals surface area contributed by atoms with E-state index in [2.05, 4.69) is 20.5 Å². The SMILES string of the molecule is Cc1cccc(NC(=O)C(=O)N=Nc2c(O)[nH]c3ccccc23)c1. The molecule has 0 spiro atoms. The Hall–Kier alpha value is -3.48. The van der Waals surface area contributed by atoms with Crippen LogP contribution in [-0.2, 0) is 9.59 Å².